The highest BCUT2D eigenvalue weighted by molar-refractivity contribution is 5.90. The van der Waals surface area contributed by atoms with Gasteiger partial charge >= 0.3 is 0 Å². The molecule has 0 unspecified atom stereocenters. The van der Waals surface area contributed by atoms with Gasteiger partial charge in [0, 0.05) is 44.6 Å². The smallest absolute Gasteiger partial charge is 0.143 e. The van der Waals surface area contributed by atoms with Gasteiger partial charge in [0.2, 0.25) is 0 Å². The predicted molar refractivity (Wildman–Crippen MR) is 116 cm³/mol. The van der Waals surface area contributed by atoms with Crippen LogP contribution in [-0.4, -0.2) is 58.3 Å². The van der Waals surface area contributed by atoms with Crippen molar-refractivity contribution in [3.05, 3.63) is 42.0 Å². The van der Waals surface area contributed by atoms with Gasteiger partial charge in [0.1, 0.15) is 23.6 Å². The summed E-state index contributed by atoms with van der Waals surface area (Å²) in [4.78, 5) is 19.7. The number of pyridine rings is 1. The fourth-order valence-electron chi connectivity index (χ4n) is 5.19. The van der Waals surface area contributed by atoms with E-state index in [9.17, 15) is 0 Å². The maximum absolute atomic E-state index is 5.54. The molecule has 0 spiro atoms. The number of hydrogen-bond acceptors (Lipinski definition) is 7. The summed E-state index contributed by atoms with van der Waals surface area (Å²) in [5, 5.41) is 8.18. The molecule has 3 aliphatic rings. The molecule has 2 atom stereocenters. The molecule has 30 heavy (non-hydrogen) atoms. The zero-order valence-electron chi connectivity index (χ0n) is 17.0. The van der Waals surface area contributed by atoms with Crippen molar-refractivity contribution < 1.29 is 4.74 Å². The molecule has 3 saturated heterocycles. The van der Waals surface area contributed by atoms with Crippen LogP contribution in [0, 0.1) is 0 Å². The summed E-state index contributed by atoms with van der Waals surface area (Å²) >= 11 is 0. The van der Waals surface area contributed by atoms with Gasteiger partial charge in [-0.15, -0.1) is 0 Å². The Morgan fingerprint density at radius 1 is 1.20 bits per heavy atom. The lowest BCUT2D eigenvalue weighted by molar-refractivity contribution is 0.0856. The molecule has 6 rings (SSSR count). The van der Waals surface area contributed by atoms with E-state index in [0.29, 0.717) is 24.5 Å². The zero-order chi connectivity index (χ0) is 19.9. The highest BCUT2D eigenvalue weighted by atomic mass is 16.5. The summed E-state index contributed by atoms with van der Waals surface area (Å²) in [6.07, 6.45) is 7.02. The van der Waals surface area contributed by atoms with Crippen LogP contribution < -0.4 is 15.5 Å². The molecule has 3 N–H and O–H groups in total. The molecule has 3 aliphatic heterocycles. The highest BCUT2D eigenvalue weighted by Gasteiger charge is 2.38. The Balaban J connectivity index is 1.23. The van der Waals surface area contributed by atoms with Crippen molar-refractivity contribution in [3.63, 3.8) is 0 Å². The number of aromatic amines is 1. The molecule has 0 amide bonds. The molecular weight excluding hydrogens is 378 g/mol. The fourth-order valence-corrected chi connectivity index (χ4v) is 5.19. The first-order valence-corrected chi connectivity index (χ1v) is 10.9. The van der Waals surface area contributed by atoms with E-state index in [1.807, 2.05) is 0 Å². The maximum Gasteiger partial charge on any atom is 0.143 e. The van der Waals surface area contributed by atoms with Crippen molar-refractivity contribution >= 4 is 22.7 Å². The first kappa shape index (κ1) is 18.1. The number of nitrogens with zero attached hydrogens (tertiary/aromatic N) is 4. The maximum atomic E-state index is 5.54. The van der Waals surface area contributed by atoms with Crippen molar-refractivity contribution in [1.82, 2.24) is 25.3 Å². The lowest BCUT2D eigenvalue weighted by Gasteiger charge is -2.28. The van der Waals surface area contributed by atoms with Crippen molar-refractivity contribution in [2.45, 2.75) is 43.8 Å². The quantitative estimate of drug-likeness (QED) is 0.600. The van der Waals surface area contributed by atoms with Gasteiger partial charge in [-0.25, -0.2) is 15.0 Å². The number of piperazine rings is 1. The molecular formula is C22H27N7O. The number of rotatable bonds is 5. The molecule has 0 aromatic carbocycles. The Labute approximate surface area is 175 Å². The number of nitrogens with one attached hydrogen (secondary N) is 3. The van der Waals surface area contributed by atoms with Gasteiger partial charge in [-0.2, -0.15) is 0 Å². The first-order valence-electron chi connectivity index (χ1n) is 10.9. The van der Waals surface area contributed by atoms with Crippen LogP contribution in [0.4, 0.5) is 11.6 Å². The molecule has 0 saturated carbocycles. The van der Waals surface area contributed by atoms with E-state index < -0.39 is 0 Å². The summed E-state index contributed by atoms with van der Waals surface area (Å²) in [5.41, 5.74) is 3.20. The second-order valence-electron chi connectivity index (χ2n) is 8.56. The Morgan fingerprint density at radius 2 is 2.13 bits per heavy atom. The Hall–Kier alpha value is -2.71. The van der Waals surface area contributed by atoms with Crippen molar-refractivity contribution in [2.24, 2.45) is 0 Å². The largest absolute Gasteiger partial charge is 0.381 e. The summed E-state index contributed by atoms with van der Waals surface area (Å²) in [5.74, 6) is 2.44. The fraction of sp³-hybridized carbons (Fsp3) is 0.500. The van der Waals surface area contributed by atoms with Crippen LogP contribution in [0.5, 0.6) is 0 Å². The third-order valence-corrected chi connectivity index (χ3v) is 6.74. The zero-order valence-corrected chi connectivity index (χ0v) is 17.0. The van der Waals surface area contributed by atoms with Gasteiger partial charge in [0.05, 0.1) is 17.6 Å². The molecule has 3 aromatic heterocycles. The average Bonchev–Trinajstić information content (AvgIpc) is 3.54. The molecule has 6 heterocycles. The summed E-state index contributed by atoms with van der Waals surface area (Å²) in [6.45, 7) is 4.39. The molecule has 2 bridgehead atoms. The SMILES string of the molecule is c1cc(CNc2ncnc3[nH]cc(C4CCOCC4)c23)nc(N2C[C@@H]3C[C@H]2CN3)c1. The third-order valence-electron chi connectivity index (χ3n) is 6.74. The van der Waals surface area contributed by atoms with Crippen molar-refractivity contribution in [2.75, 3.05) is 36.5 Å². The van der Waals surface area contributed by atoms with Crippen LogP contribution in [0.25, 0.3) is 11.0 Å². The van der Waals surface area contributed by atoms with Gasteiger partial charge in [0.15, 0.2) is 0 Å². The second-order valence-corrected chi connectivity index (χ2v) is 8.56. The van der Waals surface area contributed by atoms with Crippen molar-refractivity contribution in [1.29, 1.82) is 0 Å². The monoisotopic (exact) mass is 405 g/mol. The van der Waals surface area contributed by atoms with E-state index in [2.05, 4.69) is 54.9 Å². The topological polar surface area (TPSA) is 91.0 Å². The summed E-state index contributed by atoms with van der Waals surface area (Å²) in [6, 6.07) is 7.51. The lowest BCUT2D eigenvalue weighted by Crippen LogP contribution is -2.44. The van der Waals surface area contributed by atoms with E-state index in [1.165, 1.54) is 12.0 Å². The van der Waals surface area contributed by atoms with Crippen LogP contribution in [0.2, 0.25) is 0 Å². The lowest BCUT2D eigenvalue weighted by atomic mass is 9.92. The molecule has 156 valence electrons. The highest BCUT2D eigenvalue weighted by Crippen LogP contribution is 2.35. The Morgan fingerprint density at radius 3 is 2.97 bits per heavy atom. The Kier molecular flexibility index (Phi) is 4.53. The third kappa shape index (κ3) is 3.20. The molecule has 3 fully saturated rings. The normalized spacial score (nSPS) is 24.1. The molecule has 0 aliphatic carbocycles. The van der Waals surface area contributed by atoms with Crippen molar-refractivity contribution in [3.8, 4) is 0 Å². The van der Waals surface area contributed by atoms with E-state index in [0.717, 1.165) is 67.5 Å². The summed E-state index contributed by atoms with van der Waals surface area (Å²) < 4.78 is 5.54. The van der Waals surface area contributed by atoms with Crippen LogP contribution in [0.1, 0.15) is 36.4 Å². The van der Waals surface area contributed by atoms with Gasteiger partial charge in [0.25, 0.3) is 0 Å². The number of H-pyrrole nitrogens is 1. The van der Waals surface area contributed by atoms with Crippen LogP contribution in [0.15, 0.2) is 30.7 Å². The van der Waals surface area contributed by atoms with Crippen LogP contribution >= 0.6 is 0 Å². The van der Waals surface area contributed by atoms with E-state index in [-0.39, 0.29) is 0 Å². The minimum absolute atomic E-state index is 0.486. The number of aromatic nitrogens is 4. The van der Waals surface area contributed by atoms with Gasteiger partial charge < -0.3 is 25.3 Å². The molecule has 8 heteroatoms. The van der Waals surface area contributed by atoms with Gasteiger partial charge in [-0.05, 0) is 42.9 Å². The number of anilines is 2. The number of ether oxygens (including phenoxy) is 1. The second kappa shape index (κ2) is 7.52. The summed E-state index contributed by atoms with van der Waals surface area (Å²) in [7, 11) is 0. The number of hydrogen-bond donors (Lipinski definition) is 3. The van der Waals surface area contributed by atoms with E-state index in [4.69, 9.17) is 9.72 Å². The predicted octanol–water partition coefficient (Wildman–Crippen LogP) is 2.41. The standard InChI is InChI=1S/C22H27N7O/c1-2-15(28-19(3-1)29-12-16-8-17(29)10-23-16)9-24-21-20-18(14-4-6-30-7-5-14)11-25-22(20)27-13-26-21/h1-3,11,13-14,16-17,23H,4-10,12H2,(H2,24,25,26,27)/t16-,17-/m0/s1. The van der Waals surface area contributed by atoms with Crippen LogP contribution in [-0.2, 0) is 11.3 Å². The van der Waals surface area contributed by atoms with Crippen LogP contribution in [0.3, 0.4) is 0 Å². The molecule has 0 radical (unpaired) electrons. The van der Waals surface area contributed by atoms with Gasteiger partial charge in [-0.1, -0.05) is 6.07 Å². The minimum atomic E-state index is 0.486. The van der Waals surface area contributed by atoms with Gasteiger partial charge in [-0.3, -0.25) is 0 Å². The molecule has 8 nitrogen and oxygen atoms in total. The minimum Gasteiger partial charge on any atom is -0.381 e. The Bertz CT molecular complexity index is 1040. The first-order chi connectivity index (χ1) is 14.8. The van der Waals surface area contributed by atoms with E-state index in [1.54, 1.807) is 6.33 Å². The molecule has 3 aromatic rings. The average molecular weight is 406 g/mol. The van der Waals surface area contributed by atoms with E-state index >= 15 is 0 Å². The number of fused-ring (bicyclic) bond motifs is 3.